The molecule has 0 saturated heterocycles. The maximum atomic E-state index is 12.9. The molecule has 10 nitrogen and oxygen atoms in total. The number of aromatic nitrogens is 4. The van der Waals surface area contributed by atoms with E-state index in [4.69, 9.17) is 27.3 Å². The van der Waals surface area contributed by atoms with Crippen molar-refractivity contribution >= 4 is 32.0 Å². The number of nitrogens with one attached hydrogen (secondary N) is 2. The van der Waals surface area contributed by atoms with E-state index in [1.807, 2.05) is 0 Å². The lowest BCUT2D eigenvalue weighted by Crippen LogP contribution is -2.31. The second-order valence-electron chi connectivity index (χ2n) is 5.51. The van der Waals surface area contributed by atoms with Crippen LogP contribution in [0.4, 0.5) is 5.82 Å². The van der Waals surface area contributed by atoms with Crippen molar-refractivity contribution in [2.75, 3.05) is 24.4 Å². The van der Waals surface area contributed by atoms with Crippen LogP contribution in [-0.2, 0) is 10.2 Å². The van der Waals surface area contributed by atoms with Gasteiger partial charge in [-0.25, -0.2) is 19.9 Å². The molecule has 0 bridgehead atoms. The molecule has 0 unspecified atom stereocenters. The summed E-state index contributed by atoms with van der Waals surface area (Å²) in [4.78, 5) is 14.6. The first-order valence-corrected chi connectivity index (χ1v) is 10.8. The van der Waals surface area contributed by atoms with Crippen molar-refractivity contribution in [3.8, 4) is 23.0 Å². The minimum atomic E-state index is -5.11. The summed E-state index contributed by atoms with van der Waals surface area (Å²) in [5.74, 6) is -1.78. The van der Waals surface area contributed by atoms with E-state index < -0.39 is 108 Å². The lowest BCUT2D eigenvalue weighted by atomic mass is 10.1. The number of hydrogen-bond donors (Lipinski definition) is 2. The molecule has 0 radical (unpaired) electrons. The van der Waals surface area contributed by atoms with E-state index in [9.17, 15) is 8.42 Å². The van der Waals surface area contributed by atoms with Crippen LogP contribution in [0.5, 0.6) is 11.9 Å². The summed E-state index contributed by atoms with van der Waals surface area (Å²) in [5.41, 5.74) is -1.31. The van der Waals surface area contributed by atoms with E-state index >= 15 is 0 Å². The molecule has 0 aliphatic carbocycles. The normalized spacial score (nSPS) is 18.4. The second-order valence-corrected chi connectivity index (χ2v) is 7.72. The van der Waals surface area contributed by atoms with Gasteiger partial charge in [-0.2, -0.15) is 13.1 Å². The zero-order valence-electron chi connectivity index (χ0n) is 29.4. The van der Waals surface area contributed by atoms with Crippen LogP contribution >= 0.6 is 15.9 Å². The Hall–Kier alpha value is -2.83. The predicted molar refractivity (Wildman–Crippen MR) is 124 cm³/mol. The average molecular weight is 536 g/mol. The van der Waals surface area contributed by atoms with Gasteiger partial charge < -0.3 is 9.47 Å². The Labute approximate surface area is 213 Å². The standard InChI is InChI=1S/C20H23BrN6O4S/c1-3-8-26-32(28,29)27-18-17(15-4-6-16(21)7-5-15)19(25-13-24-18)30-9-10-31-20-22-11-14(2)12-23-20/h4-7,11-13,26H,3,8-10H2,1-2H3,(H,24,25,27)/i3D2,4D,5D,6D,7D,8D2,10D2,11D,12D,13D. The van der Waals surface area contributed by atoms with E-state index in [1.54, 1.807) is 4.72 Å². The van der Waals surface area contributed by atoms with Gasteiger partial charge in [0.15, 0.2) is 5.82 Å². The van der Waals surface area contributed by atoms with Gasteiger partial charge in [0.25, 0.3) is 10.2 Å². The molecule has 0 aliphatic heterocycles. The maximum absolute atomic E-state index is 12.9. The maximum Gasteiger partial charge on any atom is 0.316 e. The van der Waals surface area contributed by atoms with Gasteiger partial charge in [0.1, 0.15) is 20.8 Å². The van der Waals surface area contributed by atoms with Crippen LogP contribution in [0.25, 0.3) is 11.1 Å². The quantitative estimate of drug-likeness (QED) is 0.383. The minimum absolute atomic E-state index is 0.0924. The summed E-state index contributed by atoms with van der Waals surface area (Å²) < 4.78 is 143. The summed E-state index contributed by atoms with van der Waals surface area (Å²) >= 11 is 2.93. The number of ether oxygens (including phenoxy) is 2. The number of rotatable bonds is 11. The average Bonchev–Trinajstić information content (AvgIpc) is 2.87. The fourth-order valence-corrected chi connectivity index (χ4v) is 2.87. The molecule has 0 saturated carbocycles. The summed E-state index contributed by atoms with van der Waals surface area (Å²) in [5, 5.41) is 0. The summed E-state index contributed by atoms with van der Waals surface area (Å²) in [6, 6.07) is -3.53. The molecule has 0 aliphatic rings. The highest BCUT2D eigenvalue weighted by Crippen LogP contribution is 2.34. The van der Waals surface area contributed by atoms with Gasteiger partial charge in [0.2, 0.25) is 5.88 Å². The zero-order valence-corrected chi connectivity index (χ0v) is 18.8. The van der Waals surface area contributed by atoms with E-state index in [-0.39, 0.29) is 10.0 Å². The second kappa shape index (κ2) is 11.2. The van der Waals surface area contributed by atoms with Gasteiger partial charge in [-0.05, 0) is 36.5 Å². The van der Waals surface area contributed by atoms with E-state index in [0.717, 1.165) is 6.92 Å². The van der Waals surface area contributed by atoms with Gasteiger partial charge >= 0.3 is 6.01 Å². The molecule has 0 amide bonds. The van der Waals surface area contributed by atoms with Gasteiger partial charge in [-0.1, -0.05) is 34.9 Å². The van der Waals surface area contributed by atoms with Gasteiger partial charge in [0, 0.05) is 28.8 Å². The smallest absolute Gasteiger partial charge is 0.316 e. The van der Waals surface area contributed by atoms with Crippen molar-refractivity contribution in [3.63, 3.8) is 0 Å². The Kier molecular flexibility index (Phi) is 4.14. The third kappa shape index (κ3) is 6.84. The summed E-state index contributed by atoms with van der Waals surface area (Å²) in [6.07, 6.45) is -4.53. The molecule has 2 aromatic heterocycles. The van der Waals surface area contributed by atoms with Crippen molar-refractivity contribution in [2.45, 2.75) is 20.2 Å². The fraction of sp³-hybridized carbons (Fsp3) is 0.300. The van der Waals surface area contributed by atoms with Gasteiger partial charge in [0.05, 0.1) is 16.5 Å². The SMILES string of the molecule is [2H]c1nc(NS(=O)(=O)NC([2H])([2H])C([2H])([2H])C)c(-c2c([2H])c([2H])c(Br)c([2H])c2[2H])c(OCC([2H])([2H])Oc2nc([2H])c(C)c([2H])n2)n1. The fourth-order valence-electron chi connectivity index (χ4n) is 1.98. The van der Waals surface area contributed by atoms with Crippen LogP contribution in [0, 0.1) is 6.92 Å². The number of halogens is 1. The van der Waals surface area contributed by atoms with Crippen LogP contribution in [0.2, 0.25) is 0 Å². The third-order valence-electron chi connectivity index (χ3n) is 3.22. The van der Waals surface area contributed by atoms with E-state index in [1.165, 1.54) is 11.6 Å². The number of nitrogens with zero attached hydrogens (tertiary/aromatic N) is 4. The van der Waals surface area contributed by atoms with E-state index in [2.05, 4.69) is 35.9 Å². The van der Waals surface area contributed by atoms with Crippen LogP contribution in [-0.4, -0.2) is 48.0 Å². The van der Waals surface area contributed by atoms with Crippen molar-refractivity contribution in [3.05, 3.63) is 52.9 Å². The van der Waals surface area contributed by atoms with Crippen molar-refractivity contribution in [1.82, 2.24) is 24.7 Å². The summed E-state index contributed by atoms with van der Waals surface area (Å²) in [6.45, 7) is -5.02. The molecule has 1 aromatic carbocycles. The third-order valence-corrected chi connectivity index (χ3v) is 4.45. The molecule has 32 heavy (non-hydrogen) atoms. The number of anilines is 1. The van der Waals surface area contributed by atoms with Crippen LogP contribution in [0.15, 0.2) is 47.3 Å². The number of benzene rings is 1. The Morgan fingerprint density at radius 3 is 2.53 bits per heavy atom. The van der Waals surface area contributed by atoms with Crippen molar-refractivity contribution in [1.29, 1.82) is 0 Å². The molecular formula is C20H23BrN6O4S. The Balaban J connectivity index is 2.18. The monoisotopic (exact) mass is 535 g/mol. The topological polar surface area (TPSA) is 128 Å². The molecule has 170 valence electrons. The molecule has 12 heteroatoms. The van der Waals surface area contributed by atoms with Crippen LogP contribution < -0.4 is 18.9 Å². The van der Waals surface area contributed by atoms with Crippen LogP contribution in [0.3, 0.4) is 0 Å². The molecule has 0 spiro atoms. The Morgan fingerprint density at radius 1 is 1.12 bits per heavy atom. The van der Waals surface area contributed by atoms with E-state index in [0.29, 0.717) is 0 Å². The molecule has 2 N–H and O–H groups in total. The Bertz CT molecular complexity index is 1710. The molecule has 3 aromatic rings. The first-order chi connectivity index (χ1) is 20.4. The van der Waals surface area contributed by atoms with Gasteiger partial charge in [-0.3, -0.25) is 4.72 Å². The molecule has 0 atom stereocenters. The molecule has 0 fully saturated rings. The highest BCUT2D eigenvalue weighted by molar-refractivity contribution is 9.10. The number of hydrogen-bond acceptors (Lipinski definition) is 8. The lowest BCUT2D eigenvalue weighted by molar-refractivity contribution is 0.202. The molecule has 2 heterocycles. The van der Waals surface area contributed by atoms with Crippen molar-refractivity contribution in [2.24, 2.45) is 0 Å². The highest BCUT2D eigenvalue weighted by Gasteiger charge is 2.19. The minimum Gasteiger partial charge on any atom is -0.473 e. The first-order valence-electron chi connectivity index (χ1n) is 15.0. The van der Waals surface area contributed by atoms with Gasteiger partial charge in [-0.15, -0.1) is 0 Å². The van der Waals surface area contributed by atoms with Crippen LogP contribution in [0.1, 0.15) is 36.7 Å². The highest BCUT2D eigenvalue weighted by atomic mass is 79.9. The zero-order chi connectivity index (χ0) is 34.4. The largest absolute Gasteiger partial charge is 0.473 e. The summed E-state index contributed by atoms with van der Waals surface area (Å²) in [7, 11) is -5.11. The van der Waals surface area contributed by atoms with Crippen molar-refractivity contribution < 1.29 is 35.7 Å². The lowest BCUT2D eigenvalue weighted by Gasteiger charge is -2.15. The predicted octanol–water partition coefficient (Wildman–Crippen LogP) is 3.12. The molecular weight excluding hydrogens is 500 g/mol. The Morgan fingerprint density at radius 2 is 1.84 bits per heavy atom. The first kappa shape index (κ1) is 11.9. The molecule has 3 rings (SSSR count).